The van der Waals surface area contributed by atoms with Gasteiger partial charge in [-0.25, -0.2) is 4.98 Å². The number of hydrogen-bond acceptors (Lipinski definition) is 3. The monoisotopic (exact) mass is 168 g/mol. The highest BCUT2D eigenvalue weighted by atomic mass is 16.1. The van der Waals surface area contributed by atoms with Crippen molar-refractivity contribution < 1.29 is 4.79 Å². The van der Waals surface area contributed by atoms with Gasteiger partial charge in [-0.15, -0.1) is 0 Å². The van der Waals surface area contributed by atoms with Crippen LogP contribution in [0.4, 0.5) is 0 Å². The normalized spacial score (nSPS) is 10.2. The topological polar surface area (TPSA) is 42.9 Å². The van der Waals surface area contributed by atoms with E-state index in [0.29, 0.717) is 23.0 Å². The lowest BCUT2D eigenvalue weighted by Gasteiger charge is -1.97. The van der Waals surface area contributed by atoms with Crippen LogP contribution in [0.15, 0.2) is 24.4 Å². The highest BCUT2D eigenvalue weighted by Gasteiger charge is 1.97. The third-order valence-corrected chi connectivity index (χ3v) is 1.71. The van der Waals surface area contributed by atoms with Crippen LogP contribution in [0.5, 0.6) is 0 Å². The molecule has 0 fully saturated rings. The van der Waals surface area contributed by atoms with Gasteiger partial charge in [0.25, 0.3) is 0 Å². The molecule has 13 heavy (non-hydrogen) atoms. The number of carbonyl (C=O) groups is 1. The smallest absolute Gasteiger partial charge is 0.170 e. The molecule has 0 aliphatic carbocycles. The molecule has 2 aromatic rings. The molecule has 0 saturated heterocycles. The number of fused-ring (bicyclic) bond motifs is 1. The van der Waals surface area contributed by atoms with Gasteiger partial charge in [0.2, 0.25) is 0 Å². The molecule has 1 heterocycles. The van der Waals surface area contributed by atoms with Gasteiger partial charge >= 0.3 is 0 Å². The summed E-state index contributed by atoms with van der Waals surface area (Å²) in [5, 5.41) is 0. The molecular formula is C9H5BN2O. The average Bonchev–Trinajstić information content (AvgIpc) is 2.16. The Morgan fingerprint density at radius 2 is 2.15 bits per heavy atom. The Balaban J connectivity index is 2.74. The van der Waals surface area contributed by atoms with Crippen LogP contribution in [0, 0.1) is 0 Å². The maximum atomic E-state index is 10.4. The molecule has 1 aromatic heterocycles. The first-order chi connectivity index (χ1) is 6.29. The van der Waals surface area contributed by atoms with Gasteiger partial charge in [0.05, 0.1) is 17.2 Å². The quantitative estimate of drug-likeness (QED) is 0.452. The molecule has 0 unspecified atom stereocenters. The molecule has 2 rings (SSSR count). The van der Waals surface area contributed by atoms with Crippen LogP contribution in [0.2, 0.25) is 0 Å². The molecule has 1 aromatic carbocycles. The highest BCUT2D eigenvalue weighted by Crippen LogP contribution is 2.05. The number of carbonyl (C=O) groups excluding carboxylic acids is 1. The van der Waals surface area contributed by atoms with Gasteiger partial charge in [0.1, 0.15) is 13.5 Å². The first kappa shape index (κ1) is 7.92. The maximum absolute atomic E-state index is 10.4. The molecule has 0 amide bonds. The second kappa shape index (κ2) is 2.97. The minimum atomic E-state index is 0.318. The van der Waals surface area contributed by atoms with Gasteiger partial charge in [0.15, 0.2) is 6.29 Å². The van der Waals surface area contributed by atoms with Crippen molar-refractivity contribution in [3.05, 3.63) is 30.1 Å². The third kappa shape index (κ3) is 1.43. The molecule has 60 valence electrons. The van der Waals surface area contributed by atoms with Gasteiger partial charge in [-0.2, -0.15) is 0 Å². The lowest BCUT2D eigenvalue weighted by molar-refractivity contribution is 0.111. The summed E-state index contributed by atoms with van der Waals surface area (Å²) < 4.78 is 0. The van der Waals surface area contributed by atoms with Crippen molar-refractivity contribution >= 4 is 30.6 Å². The van der Waals surface area contributed by atoms with Crippen LogP contribution in [-0.2, 0) is 0 Å². The van der Waals surface area contributed by atoms with E-state index in [1.807, 2.05) is 0 Å². The zero-order valence-corrected chi connectivity index (χ0v) is 6.77. The van der Waals surface area contributed by atoms with E-state index in [1.54, 1.807) is 18.2 Å². The summed E-state index contributed by atoms with van der Waals surface area (Å²) in [5.74, 6) is 0. The Kier molecular flexibility index (Phi) is 1.81. The molecule has 2 radical (unpaired) electrons. The Hall–Kier alpha value is -1.71. The van der Waals surface area contributed by atoms with Crippen molar-refractivity contribution in [3.63, 3.8) is 0 Å². The van der Waals surface area contributed by atoms with E-state index >= 15 is 0 Å². The van der Waals surface area contributed by atoms with Gasteiger partial charge in [-0.1, -0.05) is 11.5 Å². The zero-order valence-electron chi connectivity index (χ0n) is 6.77. The lowest BCUT2D eigenvalue weighted by atomic mass is 9.96. The lowest BCUT2D eigenvalue weighted by Crippen LogP contribution is -2.02. The number of rotatable bonds is 1. The van der Waals surface area contributed by atoms with Gasteiger partial charge in [-0.05, 0) is 12.1 Å². The second-order valence-corrected chi connectivity index (χ2v) is 2.66. The Labute approximate surface area is 76.2 Å². The second-order valence-electron chi connectivity index (χ2n) is 2.66. The van der Waals surface area contributed by atoms with Crippen LogP contribution in [-0.4, -0.2) is 24.1 Å². The van der Waals surface area contributed by atoms with Gasteiger partial charge in [0, 0.05) is 0 Å². The first-order valence-corrected chi connectivity index (χ1v) is 3.77. The summed E-state index contributed by atoms with van der Waals surface area (Å²) in [6, 6.07) is 5.21. The molecule has 4 heteroatoms. The maximum Gasteiger partial charge on any atom is 0.170 e. The fourth-order valence-corrected chi connectivity index (χ4v) is 1.10. The predicted molar refractivity (Wildman–Crippen MR) is 50.3 cm³/mol. The summed E-state index contributed by atoms with van der Waals surface area (Å²) in [4.78, 5) is 18.5. The summed E-state index contributed by atoms with van der Waals surface area (Å²) in [5.41, 5.74) is 2.31. The molecular weight excluding hydrogens is 163 g/mol. The van der Waals surface area contributed by atoms with E-state index in [0.717, 1.165) is 5.52 Å². The fraction of sp³-hybridized carbons (Fsp3) is 0. The predicted octanol–water partition coefficient (Wildman–Crippen LogP) is 0.236. The molecule has 0 atom stereocenters. The minimum absolute atomic E-state index is 0.318. The average molecular weight is 168 g/mol. The van der Waals surface area contributed by atoms with Crippen molar-refractivity contribution in [1.29, 1.82) is 0 Å². The van der Waals surface area contributed by atoms with Gasteiger partial charge < -0.3 is 0 Å². The van der Waals surface area contributed by atoms with Crippen LogP contribution < -0.4 is 5.46 Å². The molecule has 0 N–H and O–H groups in total. The summed E-state index contributed by atoms with van der Waals surface area (Å²) in [6.07, 6.45) is 2.10. The van der Waals surface area contributed by atoms with E-state index < -0.39 is 0 Å². The molecule has 3 nitrogen and oxygen atoms in total. The minimum Gasteiger partial charge on any atom is -0.296 e. The standard InChI is InChI=1S/C9H5BN2O/c10-6-1-2-8-9(3-6)12-7(5-13)4-11-8/h1-5H. The molecule has 0 aliphatic rings. The third-order valence-electron chi connectivity index (χ3n) is 1.71. The number of aldehydes is 1. The zero-order chi connectivity index (χ0) is 9.26. The molecule has 0 aliphatic heterocycles. The summed E-state index contributed by atoms with van der Waals surface area (Å²) in [7, 11) is 5.56. The Morgan fingerprint density at radius 1 is 1.31 bits per heavy atom. The van der Waals surface area contributed by atoms with Crippen LogP contribution >= 0.6 is 0 Å². The largest absolute Gasteiger partial charge is 0.296 e. The van der Waals surface area contributed by atoms with E-state index in [9.17, 15) is 4.79 Å². The SMILES string of the molecule is [B]c1ccc2ncc(C=O)nc2c1. The van der Waals surface area contributed by atoms with Crippen molar-refractivity contribution in [2.75, 3.05) is 0 Å². The Morgan fingerprint density at radius 3 is 2.92 bits per heavy atom. The molecule has 0 spiro atoms. The highest BCUT2D eigenvalue weighted by molar-refractivity contribution is 6.33. The van der Waals surface area contributed by atoms with E-state index in [-0.39, 0.29) is 0 Å². The van der Waals surface area contributed by atoms with Crippen molar-refractivity contribution in [2.45, 2.75) is 0 Å². The molecule has 0 bridgehead atoms. The van der Waals surface area contributed by atoms with E-state index in [4.69, 9.17) is 7.85 Å². The van der Waals surface area contributed by atoms with Crippen LogP contribution in [0.3, 0.4) is 0 Å². The number of benzene rings is 1. The van der Waals surface area contributed by atoms with Crippen LogP contribution in [0.1, 0.15) is 10.5 Å². The van der Waals surface area contributed by atoms with Crippen molar-refractivity contribution in [2.24, 2.45) is 0 Å². The summed E-state index contributed by atoms with van der Waals surface area (Å²) in [6.45, 7) is 0. The first-order valence-electron chi connectivity index (χ1n) is 3.77. The van der Waals surface area contributed by atoms with Crippen molar-refractivity contribution in [1.82, 2.24) is 9.97 Å². The van der Waals surface area contributed by atoms with Gasteiger partial charge in [-0.3, -0.25) is 9.78 Å². The fourth-order valence-electron chi connectivity index (χ4n) is 1.10. The number of nitrogens with zero attached hydrogens (tertiary/aromatic N) is 2. The van der Waals surface area contributed by atoms with Crippen molar-refractivity contribution in [3.8, 4) is 0 Å². The van der Waals surface area contributed by atoms with E-state index in [2.05, 4.69) is 9.97 Å². The van der Waals surface area contributed by atoms with E-state index in [1.165, 1.54) is 6.20 Å². The summed E-state index contributed by atoms with van der Waals surface area (Å²) >= 11 is 0. The number of aromatic nitrogens is 2. The number of hydrogen-bond donors (Lipinski definition) is 0. The van der Waals surface area contributed by atoms with Crippen LogP contribution in [0.25, 0.3) is 11.0 Å². The Bertz CT molecular complexity index is 470. The molecule has 0 saturated carbocycles.